The van der Waals surface area contributed by atoms with Crippen molar-refractivity contribution in [1.29, 1.82) is 0 Å². The zero-order valence-corrected chi connectivity index (χ0v) is 6.33. The van der Waals surface area contributed by atoms with E-state index in [1.165, 1.54) is 12.3 Å². The Balaban J connectivity index is 2.33. The van der Waals surface area contributed by atoms with Gasteiger partial charge in [-0.15, -0.1) is 0 Å². The maximum atomic E-state index is 12.6. The van der Waals surface area contributed by atoms with E-state index in [1.807, 2.05) is 0 Å². The minimum atomic E-state index is -1.02. The van der Waals surface area contributed by atoms with E-state index in [9.17, 15) is 9.50 Å². The predicted molar refractivity (Wildman–Crippen MR) is 38.9 cm³/mol. The lowest BCUT2D eigenvalue weighted by molar-refractivity contribution is -0.184. The van der Waals surface area contributed by atoms with Crippen molar-refractivity contribution in [2.24, 2.45) is 0 Å². The fraction of sp³-hybridized carbons (Fsp3) is 0.375. The Labute approximate surface area is 68.8 Å². The van der Waals surface area contributed by atoms with Gasteiger partial charge in [-0.2, -0.15) is 0 Å². The molecule has 0 atom stereocenters. The van der Waals surface area contributed by atoms with Crippen molar-refractivity contribution in [3.05, 3.63) is 29.8 Å². The summed E-state index contributed by atoms with van der Waals surface area (Å²) in [5, 5.41) is 9.67. The van der Waals surface area contributed by atoms with E-state index in [-0.39, 0.29) is 13.2 Å². The Morgan fingerprint density at radius 3 is 2.75 bits per heavy atom. The molecule has 12 heavy (non-hydrogen) atoms. The molecule has 0 bridgehead atoms. The Kier molecular flexibility index (Phi) is 1.59. The smallest absolute Gasteiger partial charge is 0.141 e. The summed E-state index contributed by atoms with van der Waals surface area (Å²) in [5.74, 6) is -0.437. The Bertz CT molecular complexity index is 299. The third kappa shape index (κ3) is 1.09. The molecule has 1 aliphatic rings. The average molecular weight is 169 g/mol. The Hall–Kier alpha value is -1.00. The fourth-order valence-electron chi connectivity index (χ4n) is 1.13. The van der Waals surface area contributed by atoms with Gasteiger partial charge in [-0.1, -0.05) is 0 Å². The van der Waals surface area contributed by atoms with Crippen LogP contribution in [0.15, 0.2) is 18.5 Å². The molecule has 3 nitrogen and oxygen atoms in total. The molecule has 1 aromatic rings. The number of rotatable bonds is 1. The molecule has 0 radical (unpaired) electrons. The van der Waals surface area contributed by atoms with Crippen molar-refractivity contribution in [3.63, 3.8) is 0 Å². The highest BCUT2D eigenvalue weighted by atomic mass is 19.1. The lowest BCUT2D eigenvalue weighted by Crippen LogP contribution is -2.46. The van der Waals surface area contributed by atoms with Gasteiger partial charge >= 0.3 is 0 Å². The maximum absolute atomic E-state index is 12.6. The summed E-state index contributed by atoms with van der Waals surface area (Å²) in [6, 6.07) is 1.27. The third-order valence-electron chi connectivity index (χ3n) is 1.92. The number of nitrogens with zero attached hydrogens (tertiary/aromatic N) is 1. The highest BCUT2D eigenvalue weighted by molar-refractivity contribution is 5.21. The minimum Gasteiger partial charge on any atom is -0.380 e. The van der Waals surface area contributed by atoms with Crippen molar-refractivity contribution in [3.8, 4) is 0 Å². The monoisotopic (exact) mass is 169 g/mol. The third-order valence-corrected chi connectivity index (χ3v) is 1.92. The fourth-order valence-corrected chi connectivity index (χ4v) is 1.13. The van der Waals surface area contributed by atoms with Crippen LogP contribution in [0, 0.1) is 5.82 Å². The maximum Gasteiger partial charge on any atom is 0.141 e. The second-order valence-electron chi connectivity index (χ2n) is 2.92. The van der Waals surface area contributed by atoms with Gasteiger partial charge in [0, 0.05) is 11.8 Å². The minimum absolute atomic E-state index is 0.220. The van der Waals surface area contributed by atoms with Crippen molar-refractivity contribution < 1.29 is 14.2 Å². The summed E-state index contributed by atoms with van der Waals surface area (Å²) in [4.78, 5) is 3.64. The summed E-state index contributed by atoms with van der Waals surface area (Å²) in [5.41, 5.74) is -0.538. The number of aromatic nitrogens is 1. The molecule has 1 N–H and O–H groups in total. The normalized spacial score (nSPS) is 20.2. The Morgan fingerprint density at radius 2 is 2.25 bits per heavy atom. The van der Waals surface area contributed by atoms with Gasteiger partial charge in [-0.25, -0.2) is 4.39 Å². The van der Waals surface area contributed by atoms with Gasteiger partial charge in [-0.05, 0) is 6.07 Å². The van der Waals surface area contributed by atoms with Crippen LogP contribution in [0.1, 0.15) is 5.56 Å². The standard InChI is InChI=1S/C8H8FNO2/c9-7-1-6(2-10-3-7)8(11)4-12-5-8/h1-3,11H,4-5H2. The van der Waals surface area contributed by atoms with Crippen LogP contribution in [0.4, 0.5) is 4.39 Å². The number of halogens is 1. The second kappa shape index (κ2) is 2.50. The molecule has 64 valence electrons. The average Bonchev–Trinajstić information content (AvgIpc) is 2.00. The van der Waals surface area contributed by atoms with E-state index in [2.05, 4.69) is 4.98 Å². The number of pyridine rings is 1. The number of hydrogen-bond acceptors (Lipinski definition) is 3. The first-order chi connectivity index (χ1) is 5.71. The number of aliphatic hydroxyl groups is 1. The van der Waals surface area contributed by atoms with Gasteiger partial charge in [0.1, 0.15) is 11.4 Å². The van der Waals surface area contributed by atoms with Gasteiger partial charge in [0.15, 0.2) is 0 Å². The predicted octanol–water partition coefficient (Wildman–Crippen LogP) is 0.439. The number of ether oxygens (including phenoxy) is 1. The largest absolute Gasteiger partial charge is 0.380 e. The van der Waals surface area contributed by atoms with E-state index < -0.39 is 11.4 Å². The van der Waals surface area contributed by atoms with E-state index in [1.54, 1.807) is 0 Å². The molecule has 0 amide bonds. The van der Waals surface area contributed by atoms with Crippen LogP contribution in [-0.4, -0.2) is 23.3 Å². The molecule has 2 rings (SSSR count). The van der Waals surface area contributed by atoms with Crippen LogP contribution in [0.5, 0.6) is 0 Å². The van der Waals surface area contributed by atoms with E-state index in [0.29, 0.717) is 5.56 Å². The van der Waals surface area contributed by atoms with Gasteiger partial charge in [0.05, 0.1) is 19.4 Å². The molecule has 0 saturated carbocycles. The van der Waals surface area contributed by atoms with E-state index in [4.69, 9.17) is 4.74 Å². The van der Waals surface area contributed by atoms with Crippen LogP contribution < -0.4 is 0 Å². The van der Waals surface area contributed by atoms with Crippen molar-refractivity contribution in [1.82, 2.24) is 4.98 Å². The lowest BCUT2D eigenvalue weighted by atomic mass is 9.94. The molecule has 0 aromatic carbocycles. The molecule has 2 heterocycles. The quantitative estimate of drug-likeness (QED) is 0.663. The van der Waals surface area contributed by atoms with Gasteiger partial charge in [0.25, 0.3) is 0 Å². The zero-order chi connectivity index (χ0) is 8.60. The number of hydrogen-bond donors (Lipinski definition) is 1. The topological polar surface area (TPSA) is 42.4 Å². The highest BCUT2D eigenvalue weighted by Crippen LogP contribution is 2.28. The molecule has 4 heteroatoms. The van der Waals surface area contributed by atoms with Crippen molar-refractivity contribution in [2.75, 3.05) is 13.2 Å². The molecule has 1 saturated heterocycles. The van der Waals surface area contributed by atoms with Crippen LogP contribution in [0.3, 0.4) is 0 Å². The lowest BCUT2D eigenvalue weighted by Gasteiger charge is -2.36. The molecule has 1 aromatic heterocycles. The highest BCUT2D eigenvalue weighted by Gasteiger charge is 2.38. The van der Waals surface area contributed by atoms with Gasteiger partial charge in [-0.3, -0.25) is 4.98 Å². The second-order valence-corrected chi connectivity index (χ2v) is 2.92. The van der Waals surface area contributed by atoms with Crippen LogP contribution >= 0.6 is 0 Å². The summed E-state index contributed by atoms with van der Waals surface area (Å²) in [7, 11) is 0. The van der Waals surface area contributed by atoms with E-state index >= 15 is 0 Å². The van der Waals surface area contributed by atoms with Crippen molar-refractivity contribution >= 4 is 0 Å². The van der Waals surface area contributed by atoms with E-state index in [0.717, 1.165) is 6.20 Å². The first-order valence-corrected chi connectivity index (χ1v) is 3.62. The molecule has 0 spiro atoms. The van der Waals surface area contributed by atoms with Crippen molar-refractivity contribution in [2.45, 2.75) is 5.60 Å². The molecular formula is C8H8FNO2. The first-order valence-electron chi connectivity index (χ1n) is 3.62. The van der Waals surface area contributed by atoms with Crippen LogP contribution in [0.2, 0.25) is 0 Å². The first kappa shape index (κ1) is 7.64. The zero-order valence-electron chi connectivity index (χ0n) is 6.33. The van der Waals surface area contributed by atoms with Crippen LogP contribution in [-0.2, 0) is 10.3 Å². The SMILES string of the molecule is OC1(c2cncc(F)c2)COC1. The molecule has 1 fully saturated rings. The van der Waals surface area contributed by atoms with Gasteiger partial charge < -0.3 is 9.84 Å². The molecule has 1 aliphatic heterocycles. The molecule has 0 unspecified atom stereocenters. The summed E-state index contributed by atoms with van der Waals surface area (Å²) >= 11 is 0. The Morgan fingerprint density at radius 1 is 1.50 bits per heavy atom. The molecule has 0 aliphatic carbocycles. The molecular weight excluding hydrogens is 161 g/mol. The summed E-state index contributed by atoms with van der Waals surface area (Å²) in [6.07, 6.45) is 2.55. The van der Waals surface area contributed by atoms with Gasteiger partial charge in [0.2, 0.25) is 0 Å². The summed E-state index contributed by atoms with van der Waals surface area (Å²) < 4.78 is 17.5. The summed E-state index contributed by atoms with van der Waals surface area (Å²) in [6.45, 7) is 0.441. The van der Waals surface area contributed by atoms with Crippen LogP contribution in [0.25, 0.3) is 0 Å².